The van der Waals surface area contributed by atoms with E-state index in [1.807, 2.05) is 19.1 Å². The average Bonchev–Trinajstić information content (AvgIpc) is 3.27. The molecular formula is C24H43IN4O3. The van der Waals surface area contributed by atoms with Crippen molar-refractivity contribution in [2.75, 3.05) is 47.4 Å². The highest BCUT2D eigenvalue weighted by Crippen LogP contribution is 2.35. The molecule has 1 fully saturated rings. The van der Waals surface area contributed by atoms with Crippen LogP contribution in [0.25, 0.3) is 0 Å². The fraction of sp³-hybridized carbons (Fsp3) is 0.708. The predicted molar refractivity (Wildman–Crippen MR) is 143 cm³/mol. The first-order chi connectivity index (χ1) is 15.1. The molecule has 1 atom stereocenters. The van der Waals surface area contributed by atoms with Gasteiger partial charge in [-0.3, -0.25) is 0 Å². The molecule has 1 aliphatic carbocycles. The van der Waals surface area contributed by atoms with Crippen molar-refractivity contribution >= 4 is 29.9 Å². The monoisotopic (exact) mass is 562 g/mol. The lowest BCUT2D eigenvalue weighted by Crippen LogP contribution is -2.42. The molecule has 0 heterocycles. The van der Waals surface area contributed by atoms with Crippen molar-refractivity contribution in [1.82, 2.24) is 15.5 Å². The maximum Gasteiger partial charge on any atom is 0.191 e. The highest BCUT2D eigenvalue weighted by atomic mass is 127. The Balaban J connectivity index is 0.00000512. The van der Waals surface area contributed by atoms with Gasteiger partial charge in [-0.25, -0.2) is 4.99 Å². The fourth-order valence-corrected chi connectivity index (χ4v) is 3.75. The van der Waals surface area contributed by atoms with Crippen LogP contribution in [0.15, 0.2) is 23.2 Å². The van der Waals surface area contributed by atoms with E-state index in [9.17, 15) is 0 Å². The van der Waals surface area contributed by atoms with E-state index in [4.69, 9.17) is 19.2 Å². The summed E-state index contributed by atoms with van der Waals surface area (Å²) in [6.45, 7) is 7.85. The number of guanidine groups is 1. The second-order valence-corrected chi connectivity index (χ2v) is 8.22. The van der Waals surface area contributed by atoms with Crippen LogP contribution in [0.2, 0.25) is 0 Å². The molecule has 1 saturated carbocycles. The zero-order valence-electron chi connectivity index (χ0n) is 20.5. The van der Waals surface area contributed by atoms with Crippen LogP contribution < -0.4 is 20.1 Å². The standard InChI is InChI=1S/C24H42N4O3.HI/c1-6-25-24(27-18-21(30-7-2)15-16-28(3)4)26-17-19-11-10-14-22(29-5)23(19)31-20-12-8-9-13-20;/h10-11,14,20-21H,6-9,12-13,15-18H2,1-5H3,(H2,25,26,27);1H. The zero-order valence-corrected chi connectivity index (χ0v) is 22.8. The molecule has 7 nitrogen and oxygen atoms in total. The van der Waals surface area contributed by atoms with Crippen molar-refractivity contribution in [3.63, 3.8) is 0 Å². The van der Waals surface area contributed by atoms with Gasteiger partial charge in [0.25, 0.3) is 0 Å². The normalized spacial score (nSPS) is 15.4. The van der Waals surface area contributed by atoms with E-state index in [0.29, 0.717) is 13.2 Å². The van der Waals surface area contributed by atoms with Crippen molar-refractivity contribution in [1.29, 1.82) is 0 Å². The molecule has 8 heteroatoms. The average molecular weight is 563 g/mol. The van der Waals surface area contributed by atoms with E-state index < -0.39 is 0 Å². The number of nitrogens with one attached hydrogen (secondary N) is 2. The molecule has 0 amide bonds. The van der Waals surface area contributed by atoms with Gasteiger partial charge in [0.1, 0.15) is 0 Å². The van der Waals surface area contributed by atoms with E-state index >= 15 is 0 Å². The molecule has 184 valence electrons. The van der Waals surface area contributed by atoms with Gasteiger partial charge in [0.2, 0.25) is 0 Å². The molecule has 0 saturated heterocycles. The number of rotatable bonds is 13. The van der Waals surface area contributed by atoms with Gasteiger partial charge in [-0.15, -0.1) is 24.0 Å². The summed E-state index contributed by atoms with van der Waals surface area (Å²) in [5.41, 5.74) is 1.04. The molecule has 0 aromatic heterocycles. The highest BCUT2D eigenvalue weighted by molar-refractivity contribution is 14.0. The van der Waals surface area contributed by atoms with Crippen LogP contribution in [0.3, 0.4) is 0 Å². The highest BCUT2D eigenvalue weighted by Gasteiger charge is 2.20. The lowest BCUT2D eigenvalue weighted by atomic mass is 10.1. The summed E-state index contributed by atoms with van der Waals surface area (Å²) in [6, 6.07) is 6.02. The van der Waals surface area contributed by atoms with Crippen LogP contribution in [0, 0.1) is 0 Å². The smallest absolute Gasteiger partial charge is 0.191 e. The van der Waals surface area contributed by atoms with Crippen LogP contribution in [0.1, 0.15) is 51.5 Å². The number of benzene rings is 1. The first-order valence-electron chi connectivity index (χ1n) is 11.7. The quantitative estimate of drug-likeness (QED) is 0.215. The number of methoxy groups -OCH3 is 1. The van der Waals surface area contributed by atoms with Gasteiger partial charge in [0.05, 0.1) is 25.9 Å². The van der Waals surface area contributed by atoms with Gasteiger partial charge in [0.15, 0.2) is 17.5 Å². The Morgan fingerprint density at radius 2 is 1.94 bits per heavy atom. The first-order valence-corrected chi connectivity index (χ1v) is 11.7. The van der Waals surface area contributed by atoms with Crippen LogP contribution in [0.5, 0.6) is 11.5 Å². The third-order valence-electron chi connectivity index (χ3n) is 5.42. The lowest BCUT2D eigenvalue weighted by Gasteiger charge is -2.21. The third kappa shape index (κ3) is 10.1. The minimum Gasteiger partial charge on any atom is -0.493 e. The summed E-state index contributed by atoms with van der Waals surface area (Å²) in [5.74, 6) is 2.39. The topological polar surface area (TPSA) is 67.4 Å². The number of hydrogen-bond donors (Lipinski definition) is 2. The molecule has 0 spiro atoms. The predicted octanol–water partition coefficient (Wildman–Crippen LogP) is 4.05. The minimum absolute atomic E-state index is 0. The molecule has 0 bridgehead atoms. The molecule has 1 aromatic rings. The zero-order chi connectivity index (χ0) is 22.5. The fourth-order valence-electron chi connectivity index (χ4n) is 3.75. The molecule has 2 N–H and O–H groups in total. The maximum atomic E-state index is 6.35. The third-order valence-corrected chi connectivity index (χ3v) is 5.42. The van der Waals surface area contributed by atoms with Crippen molar-refractivity contribution in [2.45, 2.75) is 64.7 Å². The number of hydrogen-bond acceptors (Lipinski definition) is 5. The summed E-state index contributed by atoms with van der Waals surface area (Å²) in [6.07, 6.45) is 6.08. The molecule has 1 aliphatic rings. The van der Waals surface area contributed by atoms with E-state index in [-0.39, 0.29) is 36.2 Å². The minimum atomic E-state index is 0. The maximum absolute atomic E-state index is 6.35. The summed E-state index contributed by atoms with van der Waals surface area (Å²) in [5, 5.41) is 6.78. The first kappa shape index (κ1) is 28.8. The van der Waals surface area contributed by atoms with Gasteiger partial charge >= 0.3 is 0 Å². The van der Waals surface area contributed by atoms with Crippen molar-refractivity contribution in [3.05, 3.63) is 23.8 Å². The number of halogens is 1. The number of ether oxygens (including phenoxy) is 3. The summed E-state index contributed by atoms with van der Waals surface area (Å²) < 4.78 is 17.8. The van der Waals surface area contributed by atoms with Gasteiger partial charge in [-0.1, -0.05) is 12.1 Å². The largest absolute Gasteiger partial charge is 0.493 e. The van der Waals surface area contributed by atoms with E-state index in [0.717, 1.165) is 61.9 Å². The van der Waals surface area contributed by atoms with Gasteiger partial charge in [-0.05, 0) is 66.1 Å². The Kier molecular flexibility index (Phi) is 14.7. The van der Waals surface area contributed by atoms with Crippen LogP contribution in [-0.2, 0) is 11.3 Å². The van der Waals surface area contributed by atoms with Crippen LogP contribution in [0.4, 0.5) is 0 Å². The SMILES string of the molecule is CCNC(=NCc1cccc(OC)c1OC1CCCC1)NCC(CCN(C)C)OCC.I. The summed E-state index contributed by atoms with van der Waals surface area (Å²) in [7, 11) is 5.86. The van der Waals surface area contributed by atoms with Crippen molar-refractivity contribution < 1.29 is 14.2 Å². The van der Waals surface area contributed by atoms with Gasteiger partial charge in [0, 0.05) is 31.8 Å². The van der Waals surface area contributed by atoms with Gasteiger partial charge < -0.3 is 29.7 Å². The Hall–Kier alpha value is -1.26. The van der Waals surface area contributed by atoms with Crippen molar-refractivity contribution in [3.8, 4) is 11.5 Å². The summed E-state index contributed by atoms with van der Waals surface area (Å²) >= 11 is 0. The molecule has 0 radical (unpaired) electrons. The second kappa shape index (κ2) is 16.4. The van der Waals surface area contributed by atoms with E-state index in [2.05, 4.69) is 42.6 Å². The Morgan fingerprint density at radius 3 is 2.56 bits per heavy atom. The lowest BCUT2D eigenvalue weighted by molar-refractivity contribution is 0.0548. The molecule has 1 unspecified atom stereocenters. The number of para-hydroxylation sites is 1. The number of nitrogens with zero attached hydrogens (tertiary/aromatic N) is 2. The van der Waals surface area contributed by atoms with Gasteiger partial charge in [-0.2, -0.15) is 0 Å². The molecular weight excluding hydrogens is 519 g/mol. The Bertz CT molecular complexity index is 667. The molecule has 0 aliphatic heterocycles. The molecule has 1 aromatic carbocycles. The van der Waals surface area contributed by atoms with Crippen LogP contribution in [-0.4, -0.2) is 70.5 Å². The van der Waals surface area contributed by atoms with Crippen LogP contribution >= 0.6 is 24.0 Å². The van der Waals surface area contributed by atoms with E-state index in [1.165, 1.54) is 12.8 Å². The molecule has 32 heavy (non-hydrogen) atoms. The molecule has 2 rings (SSSR count). The Morgan fingerprint density at radius 1 is 1.19 bits per heavy atom. The summed E-state index contributed by atoms with van der Waals surface area (Å²) in [4.78, 5) is 7.00. The second-order valence-electron chi connectivity index (χ2n) is 8.22. The van der Waals surface area contributed by atoms with E-state index in [1.54, 1.807) is 7.11 Å². The Labute approximate surface area is 211 Å². The number of aliphatic imine (C=N–C) groups is 1. The van der Waals surface area contributed by atoms with Crippen molar-refractivity contribution in [2.24, 2.45) is 4.99 Å².